The Hall–Kier alpha value is -4.45. The van der Waals surface area contributed by atoms with Gasteiger partial charge in [-0.3, -0.25) is 19.2 Å². The number of carbonyl (C=O) groups is 1. The molecule has 0 heterocycles. The first-order chi connectivity index (χ1) is 17.7. The number of nitrogens with zero attached hydrogens (tertiary/aromatic N) is 3. The van der Waals surface area contributed by atoms with E-state index >= 15 is 0 Å². The van der Waals surface area contributed by atoms with Crippen LogP contribution in [0.1, 0.15) is 18.1 Å². The van der Waals surface area contributed by atoms with Gasteiger partial charge in [-0.15, -0.1) is 0 Å². The second-order valence-corrected chi connectivity index (χ2v) is 9.57. The number of para-hydroxylation sites is 2. The summed E-state index contributed by atoms with van der Waals surface area (Å²) in [5.41, 5.74) is 3.41. The predicted octanol–water partition coefficient (Wildman–Crippen LogP) is 3.66. The number of anilines is 1. The fourth-order valence-corrected chi connectivity index (χ4v) is 4.78. The van der Waals surface area contributed by atoms with Gasteiger partial charge >= 0.3 is 5.69 Å². The molecule has 11 nitrogen and oxygen atoms in total. The summed E-state index contributed by atoms with van der Waals surface area (Å²) in [5.74, 6) is -0.361. The molecule has 0 saturated carbocycles. The lowest BCUT2D eigenvalue weighted by Crippen LogP contribution is -2.39. The number of rotatable bonds is 11. The number of benzene rings is 3. The Kier molecular flexibility index (Phi) is 8.80. The van der Waals surface area contributed by atoms with Crippen LogP contribution in [0, 0.1) is 17.0 Å². The van der Waals surface area contributed by atoms with E-state index in [2.05, 4.69) is 10.5 Å². The van der Waals surface area contributed by atoms with Crippen LogP contribution in [0.3, 0.4) is 0 Å². The van der Waals surface area contributed by atoms with Crippen molar-refractivity contribution in [2.45, 2.75) is 18.7 Å². The summed E-state index contributed by atoms with van der Waals surface area (Å²) in [6.07, 6.45) is 1.21. The first kappa shape index (κ1) is 27.1. The van der Waals surface area contributed by atoms with Crippen LogP contribution in [0.5, 0.6) is 11.5 Å². The lowest BCUT2D eigenvalue weighted by Gasteiger charge is -2.25. The number of nitro groups is 1. The number of carbonyl (C=O) groups excluding carboxylic acids is 1. The van der Waals surface area contributed by atoms with E-state index in [0.29, 0.717) is 17.9 Å². The van der Waals surface area contributed by atoms with Gasteiger partial charge in [0, 0.05) is 11.6 Å². The highest BCUT2D eigenvalue weighted by Crippen LogP contribution is 2.32. The van der Waals surface area contributed by atoms with E-state index in [0.717, 1.165) is 9.87 Å². The molecule has 0 aliphatic rings. The van der Waals surface area contributed by atoms with Gasteiger partial charge in [0.1, 0.15) is 12.3 Å². The van der Waals surface area contributed by atoms with Crippen molar-refractivity contribution in [3.8, 4) is 11.5 Å². The van der Waals surface area contributed by atoms with Crippen LogP contribution in [0.25, 0.3) is 0 Å². The Morgan fingerprint density at radius 3 is 2.46 bits per heavy atom. The summed E-state index contributed by atoms with van der Waals surface area (Å²) in [4.78, 5) is 23.4. The summed E-state index contributed by atoms with van der Waals surface area (Å²) in [6, 6.07) is 16.9. The van der Waals surface area contributed by atoms with E-state index in [1.165, 1.54) is 43.7 Å². The number of hydrazone groups is 1. The molecule has 0 unspecified atom stereocenters. The molecule has 0 aliphatic carbocycles. The average molecular weight is 527 g/mol. The van der Waals surface area contributed by atoms with Crippen LogP contribution in [0.4, 0.5) is 11.4 Å². The molecule has 12 heteroatoms. The topological polar surface area (TPSA) is 140 Å². The maximum atomic E-state index is 13.6. The van der Waals surface area contributed by atoms with Crippen molar-refractivity contribution in [1.29, 1.82) is 0 Å². The highest BCUT2D eigenvalue weighted by atomic mass is 32.2. The third kappa shape index (κ3) is 6.61. The maximum Gasteiger partial charge on any atom is 0.311 e. The fourth-order valence-electron chi connectivity index (χ4n) is 3.35. The van der Waals surface area contributed by atoms with E-state index < -0.39 is 27.4 Å². The van der Waals surface area contributed by atoms with Crippen molar-refractivity contribution >= 4 is 33.5 Å². The zero-order valence-corrected chi connectivity index (χ0v) is 21.3. The smallest absolute Gasteiger partial charge is 0.311 e. The zero-order chi connectivity index (χ0) is 27.0. The Morgan fingerprint density at radius 2 is 1.81 bits per heavy atom. The molecule has 0 aliphatic heterocycles. The molecule has 37 heavy (non-hydrogen) atoms. The number of ether oxygens (including phenoxy) is 2. The summed E-state index contributed by atoms with van der Waals surface area (Å²) in [5, 5.41) is 15.0. The van der Waals surface area contributed by atoms with Gasteiger partial charge in [-0.05, 0) is 50.2 Å². The standard InChI is InChI=1S/C25H26N4O7S/c1-4-36-24-8-6-5-7-21(24)28(37(33,34)20-12-9-18(2)10-13-20)17-25(30)27-26-16-19-11-14-23(35-3)22(15-19)29(31)32/h5-16H,4,17H2,1-3H3,(H,27,30)/b26-16-. The van der Waals surface area contributed by atoms with Crippen LogP contribution < -0.4 is 19.2 Å². The summed E-state index contributed by atoms with van der Waals surface area (Å²) in [7, 11) is -2.84. The Morgan fingerprint density at radius 1 is 1.11 bits per heavy atom. The molecule has 0 aromatic heterocycles. The first-order valence-corrected chi connectivity index (χ1v) is 12.6. The second kappa shape index (κ2) is 12.0. The quantitative estimate of drug-likeness (QED) is 0.228. The number of hydrogen-bond donors (Lipinski definition) is 1. The molecular formula is C25H26N4O7S. The Balaban J connectivity index is 1.88. The van der Waals surface area contributed by atoms with E-state index in [-0.39, 0.29) is 22.0 Å². The van der Waals surface area contributed by atoms with E-state index in [9.17, 15) is 23.3 Å². The monoisotopic (exact) mass is 526 g/mol. The molecule has 1 N–H and O–H groups in total. The molecule has 0 saturated heterocycles. The fraction of sp³-hybridized carbons (Fsp3) is 0.200. The van der Waals surface area contributed by atoms with Crippen LogP contribution in [-0.4, -0.2) is 45.7 Å². The third-order valence-corrected chi connectivity index (χ3v) is 6.91. The van der Waals surface area contributed by atoms with Crippen molar-refractivity contribution in [3.63, 3.8) is 0 Å². The number of nitro benzene ring substituents is 1. The lowest BCUT2D eigenvalue weighted by molar-refractivity contribution is -0.385. The highest BCUT2D eigenvalue weighted by Gasteiger charge is 2.29. The number of aryl methyl sites for hydroxylation is 1. The predicted molar refractivity (Wildman–Crippen MR) is 139 cm³/mol. The largest absolute Gasteiger partial charge is 0.492 e. The molecule has 3 aromatic carbocycles. The van der Waals surface area contributed by atoms with Gasteiger partial charge in [-0.2, -0.15) is 5.10 Å². The number of amides is 1. The maximum absolute atomic E-state index is 13.6. The molecule has 194 valence electrons. The second-order valence-electron chi connectivity index (χ2n) is 7.71. The number of methoxy groups -OCH3 is 1. The van der Waals surface area contributed by atoms with Gasteiger partial charge < -0.3 is 9.47 Å². The van der Waals surface area contributed by atoms with Crippen molar-refractivity contribution in [2.75, 3.05) is 24.6 Å². The number of sulfonamides is 1. The minimum atomic E-state index is -4.16. The highest BCUT2D eigenvalue weighted by molar-refractivity contribution is 7.92. The minimum absolute atomic E-state index is 0.00578. The molecule has 0 fully saturated rings. The Bertz CT molecular complexity index is 1410. The summed E-state index contributed by atoms with van der Waals surface area (Å²) >= 11 is 0. The van der Waals surface area contributed by atoms with Crippen LogP contribution >= 0.6 is 0 Å². The SMILES string of the molecule is CCOc1ccccc1N(CC(=O)N/N=C\c1ccc(OC)c([N+](=O)[O-])c1)S(=O)(=O)c1ccc(C)cc1. The van der Waals surface area contributed by atoms with Crippen molar-refractivity contribution in [3.05, 3.63) is 88.0 Å². The zero-order valence-electron chi connectivity index (χ0n) is 20.5. The van der Waals surface area contributed by atoms with E-state index in [1.807, 2.05) is 6.92 Å². The minimum Gasteiger partial charge on any atom is -0.492 e. The van der Waals surface area contributed by atoms with Gasteiger partial charge in [0.2, 0.25) is 0 Å². The van der Waals surface area contributed by atoms with Crippen molar-refractivity contribution in [1.82, 2.24) is 5.43 Å². The lowest BCUT2D eigenvalue weighted by atomic mass is 10.2. The van der Waals surface area contributed by atoms with Crippen molar-refractivity contribution < 1.29 is 27.6 Å². The van der Waals surface area contributed by atoms with Gasteiger partial charge in [0.05, 0.1) is 35.4 Å². The first-order valence-electron chi connectivity index (χ1n) is 11.1. The molecule has 0 bridgehead atoms. The average Bonchev–Trinajstić information content (AvgIpc) is 2.88. The molecule has 0 spiro atoms. The molecule has 0 atom stereocenters. The van der Waals surface area contributed by atoms with Crippen LogP contribution in [0.2, 0.25) is 0 Å². The number of nitrogens with one attached hydrogen (secondary N) is 1. The van der Waals surface area contributed by atoms with Crippen LogP contribution in [-0.2, 0) is 14.8 Å². The van der Waals surface area contributed by atoms with Gasteiger partial charge in [-0.25, -0.2) is 13.8 Å². The molecule has 0 radical (unpaired) electrons. The summed E-state index contributed by atoms with van der Waals surface area (Å²) in [6.45, 7) is 3.29. The Labute approximate surface area is 214 Å². The summed E-state index contributed by atoms with van der Waals surface area (Å²) < 4.78 is 38.7. The third-order valence-electron chi connectivity index (χ3n) is 5.13. The number of hydrogen-bond acceptors (Lipinski definition) is 8. The van der Waals surface area contributed by atoms with Gasteiger partial charge in [0.25, 0.3) is 15.9 Å². The van der Waals surface area contributed by atoms with Crippen molar-refractivity contribution in [2.24, 2.45) is 5.10 Å². The molecule has 1 amide bonds. The van der Waals surface area contributed by atoms with Gasteiger partial charge in [-0.1, -0.05) is 29.8 Å². The molecular weight excluding hydrogens is 500 g/mol. The van der Waals surface area contributed by atoms with E-state index in [1.54, 1.807) is 43.3 Å². The molecule has 3 rings (SSSR count). The van der Waals surface area contributed by atoms with E-state index in [4.69, 9.17) is 9.47 Å². The normalized spacial score (nSPS) is 11.2. The van der Waals surface area contributed by atoms with Crippen LogP contribution in [0.15, 0.2) is 76.7 Å². The molecule has 3 aromatic rings. The van der Waals surface area contributed by atoms with Gasteiger partial charge in [0.15, 0.2) is 5.75 Å².